The third-order valence-corrected chi connectivity index (χ3v) is 5.41. The Morgan fingerprint density at radius 2 is 1.89 bits per heavy atom. The molecular weight excluding hydrogens is 408 g/mol. The van der Waals surface area contributed by atoms with E-state index in [2.05, 4.69) is 31.2 Å². The van der Waals surface area contributed by atoms with Crippen LogP contribution in [0.25, 0.3) is 5.69 Å². The first-order chi connectivity index (χ1) is 13.1. The van der Waals surface area contributed by atoms with Crippen LogP contribution in [0, 0.1) is 13.8 Å². The van der Waals surface area contributed by atoms with Crippen LogP contribution in [0.5, 0.6) is 0 Å². The summed E-state index contributed by atoms with van der Waals surface area (Å²) in [6, 6.07) is 7.91. The third-order valence-electron chi connectivity index (χ3n) is 4.88. The van der Waals surface area contributed by atoms with Crippen LogP contribution < -0.4 is 5.32 Å². The maximum atomic E-state index is 12.7. The second-order valence-corrected chi connectivity index (χ2v) is 7.77. The predicted molar refractivity (Wildman–Crippen MR) is 110 cm³/mol. The number of amides is 1. The highest BCUT2D eigenvalue weighted by Crippen LogP contribution is 2.19. The van der Waals surface area contributed by atoms with E-state index in [1.165, 1.54) is 0 Å². The smallest absolute Gasteiger partial charge is 0.255 e. The van der Waals surface area contributed by atoms with Crippen LogP contribution in [0.15, 0.2) is 28.7 Å². The van der Waals surface area contributed by atoms with Gasteiger partial charge in [0.25, 0.3) is 5.91 Å². The van der Waals surface area contributed by atoms with Crippen LogP contribution in [0.3, 0.4) is 0 Å². The Morgan fingerprint density at radius 3 is 2.59 bits per heavy atom. The van der Waals surface area contributed by atoms with Gasteiger partial charge in [-0.05, 0) is 57.5 Å². The summed E-state index contributed by atoms with van der Waals surface area (Å²) in [6.45, 7) is 9.27. The van der Waals surface area contributed by atoms with E-state index < -0.39 is 0 Å². The van der Waals surface area contributed by atoms with Crippen LogP contribution >= 0.6 is 15.9 Å². The van der Waals surface area contributed by atoms with Crippen molar-refractivity contribution in [2.75, 3.05) is 39.4 Å². The Bertz CT molecular complexity index is 767. The molecule has 0 aliphatic carbocycles. The number of rotatable bonds is 7. The fraction of sp³-hybridized carbons (Fsp3) is 0.500. The van der Waals surface area contributed by atoms with Gasteiger partial charge in [0.15, 0.2) is 0 Å². The minimum Gasteiger partial charge on any atom is -0.379 e. The molecule has 0 radical (unpaired) electrons. The fourth-order valence-corrected chi connectivity index (χ4v) is 3.64. The van der Waals surface area contributed by atoms with Crippen molar-refractivity contribution in [2.24, 2.45) is 0 Å². The van der Waals surface area contributed by atoms with Gasteiger partial charge in [0, 0.05) is 24.1 Å². The summed E-state index contributed by atoms with van der Waals surface area (Å²) in [5, 5.41) is 7.61. The number of halogens is 1. The largest absolute Gasteiger partial charge is 0.379 e. The number of aryl methyl sites for hydroxylation is 1. The molecule has 0 saturated carbocycles. The van der Waals surface area contributed by atoms with Crippen molar-refractivity contribution in [3.05, 3.63) is 45.7 Å². The summed E-state index contributed by atoms with van der Waals surface area (Å²) >= 11 is 3.44. The SMILES string of the molecule is Cc1nn(-c2ccc(Br)cc2)c(C)c1C(=O)NCCCCN1CCOCC1. The molecule has 27 heavy (non-hydrogen) atoms. The minimum absolute atomic E-state index is 0.0419. The highest BCUT2D eigenvalue weighted by atomic mass is 79.9. The van der Waals surface area contributed by atoms with E-state index in [-0.39, 0.29) is 5.91 Å². The lowest BCUT2D eigenvalue weighted by molar-refractivity contribution is 0.0372. The molecule has 2 aromatic rings. The van der Waals surface area contributed by atoms with Crippen molar-refractivity contribution in [3.63, 3.8) is 0 Å². The van der Waals surface area contributed by atoms with Crippen LogP contribution in [0.4, 0.5) is 0 Å². The second-order valence-electron chi connectivity index (χ2n) is 6.85. The maximum Gasteiger partial charge on any atom is 0.255 e. The number of carbonyl (C=O) groups excluding carboxylic acids is 1. The van der Waals surface area contributed by atoms with Gasteiger partial charge >= 0.3 is 0 Å². The monoisotopic (exact) mass is 434 g/mol. The normalized spacial score (nSPS) is 15.1. The molecule has 0 unspecified atom stereocenters. The van der Waals surface area contributed by atoms with Gasteiger partial charge in [-0.3, -0.25) is 9.69 Å². The molecule has 1 saturated heterocycles. The quantitative estimate of drug-likeness (QED) is 0.680. The van der Waals surface area contributed by atoms with Crippen LogP contribution in [-0.2, 0) is 4.74 Å². The Kier molecular flexibility index (Phi) is 7.04. The molecule has 1 aromatic heterocycles. The van der Waals surface area contributed by atoms with Gasteiger partial charge in [0.2, 0.25) is 0 Å². The number of unbranched alkanes of at least 4 members (excludes halogenated alkanes) is 1. The first-order valence-corrected chi connectivity index (χ1v) is 10.3. The maximum absolute atomic E-state index is 12.7. The Hall–Kier alpha value is -1.70. The number of nitrogens with one attached hydrogen (secondary N) is 1. The summed E-state index contributed by atoms with van der Waals surface area (Å²) in [7, 11) is 0. The molecular formula is C20H27BrN4O2. The zero-order valence-electron chi connectivity index (χ0n) is 16.0. The zero-order chi connectivity index (χ0) is 19.2. The van der Waals surface area contributed by atoms with Crippen LogP contribution in [0.2, 0.25) is 0 Å². The van der Waals surface area contributed by atoms with Gasteiger partial charge in [-0.2, -0.15) is 5.10 Å². The molecule has 0 atom stereocenters. The number of hydrogen-bond acceptors (Lipinski definition) is 4. The lowest BCUT2D eigenvalue weighted by Crippen LogP contribution is -2.37. The van der Waals surface area contributed by atoms with E-state index in [0.29, 0.717) is 12.1 Å². The molecule has 1 aromatic carbocycles. The minimum atomic E-state index is -0.0419. The molecule has 3 rings (SSSR count). The lowest BCUT2D eigenvalue weighted by atomic mass is 10.1. The summed E-state index contributed by atoms with van der Waals surface area (Å²) in [4.78, 5) is 15.1. The van der Waals surface area contributed by atoms with Crippen LogP contribution in [-0.4, -0.2) is 60.0 Å². The van der Waals surface area contributed by atoms with Crippen molar-refractivity contribution in [3.8, 4) is 5.69 Å². The molecule has 146 valence electrons. The number of hydrogen-bond donors (Lipinski definition) is 1. The topological polar surface area (TPSA) is 59.4 Å². The van der Waals surface area contributed by atoms with Gasteiger partial charge in [-0.15, -0.1) is 0 Å². The van der Waals surface area contributed by atoms with E-state index in [9.17, 15) is 4.79 Å². The van der Waals surface area contributed by atoms with Crippen molar-refractivity contribution in [1.82, 2.24) is 20.0 Å². The molecule has 0 bridgehead atoms. The molecule has 2 heterocycles. The van der Waals surface area contributed by atoms with E-state index in [0.717, 1.165) is 67.2 Å². The number of benzene rings is 1. The third kappa shape index (κ3) is 5.18. The summed E-state index contributed by atoms with van der Waals surface area (Å²) in [6.07, 6.45) is 2.05. The number of morpholine rings is 1. The summed E-state index contributed by atoms with van der Waals surface area (Å²) in [5.41, 5.74) is 3.23. The van der Waals surface area contributed by atoms with E-state index in [4.69, 9.17) is 4.74 Å². The van der Waals surface area contributed by atoms with Crippen molar-refractivity contribution in [1.29, 1.82) is 0 Å². The second kappa shape index (κ2) is 9.48. The number of carbonyl (C=O) groups is 1. The Labute approximate surface area is 169 Å². The first-order valence-electron chi connectivity index (χ1n) is 9.46. The predicted octanol–water partition coefficient (Wildman–Crippen LogP) is 3.09. The molecule has 1 N–H and O–H groups in total. The molecule has 1 aliphatic rings. The van der Waals surface area contributed by atoms with Gasteiger partial charge in [-0.25, -0.2) is 4.68 Å². The van der Waals surface area contributed by atoms with E-state index in [1.54, 1.807) is 0 Å². The Balaban J connectivity index is 1.53. The van der Waals surface area contributed by atoms with Gasteiger partial charge in [0.1, 0.15) is 0 Å². The standard InChI is InChI=1S/C20H27BrN4O2/c1-15-19(16(2)25(23-15)18-7-5-17(21)6-8-18)20(26)22-9-3-4-10-24-11-13-27-14-12-24/h5-8H,3-4,9-14H2,1-2H3,(H,22,26). The molecule has 1 aliphatic heterocycles. The molecule has 7 heteroatoms. The molecule has 6 nitrogen and oxygen atoms in total. The molecule has 1 amide bonds. The van der Waals surface area contributed by atoms with Crippen LogP contribution in [0.1, 0.15) is 34.6 Å². The number of aromatic nitrogens is 2. The number of nitrogens with zero attached hydrogens (tertiary/aromatic N) is 3. The molecule has 0 spiro atoms. The van der Waals surface area contributed by atoms with Crippen molar-refractivity contribution in [2.45, 2.75) is 26.7 Å². The highest BCUT2D eigenvalue weighted by Gasteiger charge is 2.19. The summed E-state index contributed by atoms with van der Waals surface area (Å²) < 4.78 is 8.21. The zero-order valence-corrected chi connectivity index (χ0v) is 17.6. The first kappa shape index (κ1) is 20.0. The Morgan fingerprint density at radius 1 is 1.19 bits per heavy atom. The van der Waals surface area contributed by atoms with Crippen molar-refractivity contribution < 1.29 is 9.53 Å². The van der Waals surface area contributed by atoms with E-state index >= 15 is 0 Å². The van der Waals surface area contributed by atoms with Crippen molar-refractivity contribution >= 4 is 21.8 Å². The highest BCUT2D eigenvalue weighted by molar-refractivity contribution is 9.10. The van der Waals surface area contributed by atoms with Gasteiger partial charge < -0.3 is 10.1 Å². The average Bonchev–Trinajstić information content (AvgIpc) is 2.97. The lowest BCUT2D eigenvalue weighted by Gasteiger charge is -2.26. The molecule has 1 fully saturated rings. The van der Waals surface area contributed by atoms with Gasteiger partial charge in [0.05, 0.1) is 35.9 Å². The average molecular weight is 435 g/mol. The van der Waals surface area contributed by atoms with Gasteiger partial charge in [-0.1, -0.05) is 15.9 Å². The van der Waals surface area contributed by atoms with E-state index in [1.807, 2.05) is 42.8 Å². The number of ether oxygens (including phenoxy) is 1. The fourth-order valence-electron chi connectivity index (χ4n) is 3.38. The summed E-state index contributed by atoms with van der Waals surface area (Å²) in [5.74, 6) is -0.0419.